The molecule has 1 aliphatic heterocycles. The molecule has 0 aliphatic carbocycles. The Morgan fingerprint density at radius 2 is 1.81 bits per heavy atom. The van der Waals surface area contributed by atoms with E-state index >= 15 is 0 Å². The van der Waals surface area contributed by atoms with Crippen LogP contribution in [0.2, 0.25) is 0 Å². The van der Waals surface area contributed by atoms with E-state index in [-0.39, 0.29) is 24.5 Å². The molecule has 0 bridgehead atoms. The van der Waals surface area contributed by atoms with Crippen LogP contribution in [0.4, 0.5) is 0 Å². The van der Waals surface area contributed by atoms with Gasteiger partial charge in [-0.2, -0.15) is 0 Å². The quantitative estimate of drug-likeness (QED) is 0.885. The van der Waals surface area contributed by atoms with Crippen LogP contribution in [-0.2, 0) is 20.9 Å². The molecular formula is C22H26N2O3. The molecule has 5 nitrogen and oxygen atoms in total. The Morgan fingerprint density at radius 1 is 1.15 bits per heavy atom. The number of nitrogens with one attached hydrogen (secondary N) is 1. The number of hydrogen-bond acceptors (Lipinski definition) is 3. The van der Waals surface area contributed by atoms with Gasteiger partial charge in [-0.05, 0) is 37.5 Å². The van der Waals surface area contributed by atoms with Gasteiger partial charge in [0, 0.05) is 12.6 Å². The first kappa shape index (κ1) is 19.1. The molecule has 27 heavy (non-hydrogen) atoms. The van der Waals surface area contributed by atoms with Gasteiger partial charge in [-0.1, -0.05) is 54.6 Å². The van der Waals surface area contributed by atoms with Gasteiger partial charge >= 0.3 is 0 Å². The SMILES string of the molecule is Cc1ccccc1CN(C(=O)[C@H]1OCC(=O)N[C@@H]1c1ccccc1)C(C)C. The molecule has 1 N–H and O–H groups in total. The van der Waals surface area contributed by atoms with Crippen LogP contribution in [0, 0.1) is 6.92 Å². The van der Waals surface area contributed by atoms with Crippen molar-refractivity contribution in [2.45, 2.75) is 45.5 Å². The van der Waals surface area contributed by atoms with E-state index in [1.807, 2.05) is 80.3 Å². The van der Waals surface area contributed by atoms with Crippen LogP contribution >= 0.6 is 0 Å². The van der Waals surface area contributed by atoms with Gasteiger partial charge in [0.15, 0.2) is 6.10 Å². The largest absolute Gasteiger partial charge is 0.356 e. The van der Waals surface area contributed by atoms with E-state index in [1.165, 1.54) is 0 Å². The van der Waals surface area contributed by atoms with E-state index < -0.39 is 12.1 Å². The first-order chi connectivity index (χ1) is 13.0. The first-order valence-corrected chi connectivity index (χ1v) is 9.28. The maximum absolute atomic E-state index is 13.4. The van der Waals surface area contributed by atoms with Gasteiger partial charge in [0.25, 0.3) is 5.91 Å². The molecule has 1 fully saturated rings. The highest BCUT2D eigenvalue weighted by molar-refractivity contribution is 5.86. The number of carbonyl (C=O) groups excluding carboxylic acids is 2. The highest BCUT2D eigenvalue weighted by atomic mass is 16.5. The number of ether oxygens (including phenoxy) is 1. The molecule has 0 saturated carbocycles. The van der Waals surface area contributed by atoms with Crippen LogP contribution in [0.25, 0.3) is 0 Å². The fraction of sp³-hybridized carbons (Fsp3) is 0.364. The summed E-state index contributed by atoms with van der Waals surface area (Å²) in [6.45, 7) is 6.45. The summed E-state index contributed by atoms with van der Waals surface area (Å²) in [5.74, 6) is -0.315. The van der Waals surface area contributed by atoms with E-state index in [0.717, 1.165) is 16.7 Å². The van der Waals surface area contributed by atoms with E-state index in [1.54, 1.807) is 0 Å². The summed E-state index contributed by atoms with van der Waals surface area (Å²) in [6, 6.07) is 17.1. The molecule has 0 radical (unpaired) electrons. The molecule has 1 aliphatic rings. The molecule has 0 unspecified atom stereocenters. The summed E-state index contributed by atoms with van der Waals surface area (Å²) >= 11 is 0. The van der Waals surface area contributed by atoms with Gasteiger partial charge in [-0.3, -0.25) is 9.59 Å². The number of rotatable bonds is 5. The average molecular weight is 366 g/mol. The molecule has 0 spiro atoms. The summed E-state index contributed by atoms with van der Waals surface area (Å²) < 4.78 is 5.71. The molecule has 2 atom stereocenters. The summed E-state index contributed by atoms with van der Waals surface area (Å²) in [5.41, 5.74) is 3.12. The molecule has 2 aromatic rings. The zero-order chi connectivity index (χ0) is 19.4. The lowest BCUT2D eigenvalue weighted by atomic mass is 9.98. The summed E-state index contributed by atoms with van der Waals surface area (Å²) in [5, 5.41) is 2.92. The fourth-order valence-corrected chi connectivity index (χ4v) is 3.33. The molecule has 1 heterocycles. The van der Waals surface area contributed by atoms with Crippen molar-refractivity contribution >= 4 is 11.8 Å². The maximum Gasteiger partial charge on any atom is 0.254 e. The summed E-state index contributed by atoms with van der Waals surface area (Å²) in [4.78, 5) is 27.1. The Balaban J connectivity index is 1.87. The number of carbonyl (C=O) groups is 2. The minimum absolute atomic E-state index is 0.00903. The number of benzene rings is 2. The van der Waals surface area contributed by atoms with Gasteiger partial charge in [0.1, 0.15) is 6.61 Å². The van der Waals surface area contributed by atoms with Crippen LogP contribution in [0.1, 0.15) is 36.6 Å². The third kappa shape index (κ3) is 4.37. The van der Waals surface area contributed by atoms with Gasteiger partial charge in [0.2, 0.25) is 5.91 Å². The minimum atomic E-state index is -0.739. The van der Waals surface area contributed by atoms with Crippen LogP contribution in [0.5, 0.6) is 0 Å². The monoisotopic (exact) mass is 366 g/mol. The zero-order valence-corrected chi connectivity index (χ0v) is 16.0. The van der Waals surface area contributed by atoms with Crippen molar-refractivity contribution in [2.75, 3.05) is 6.61 Å². The standard InChI is InChI=1S/C22H26N2O3/c1-15(2)24(13-18-12-8-7-9-16(18)3)22(26)21-20(23-19(25)14-27-21)17-10-5-4-6-11-17/h4-12,15,20-21H,13-14H2,1-3H3,(H,23,25)/t20-,21+/m1/s1. The second-order valence-corrected chi connectivity index (χ2v) is 7.17. The van der Waals surface area contributed by atoms with Crippen molar-refractivity contribution in [1.82, 2.24) is 10.2 Å². The van der Waals surface area contributed by atoms with E-state index in [0.29, 0.717) is 6.54 Å². The van der Waals surface area contributed by atoms with Gasteiger partial charge in [0.05, 0.1) is 6.04 Å². The van der Waals surface area contributed by atoms with Crippen LogP contribution < -0.4 is 5.32 Å². The predicted molar refractivity (Wildman–Crippen MR) is 104 cm³/mol. The molecule has 2 aromatic carbocycles. The number of aryl methyl sites for hydroxylation is 1. The topological polar surface area (TPSA) is 58.6 Å². The number of hydrogen-bond donors (Lipinski definition) is 1. The van der Waals surface area contributed by atoms with Crippen LogP contribution in [-0.4, -0.2) is 35.5 Å². The van der Waals surface area contributed by atoms with Crippen molar-refractivity contribution in [3.8, 4) is 0 Å². The van der Waals surface area contributed by atoms with E-state index in [2.05, 4.69) is 5.32 Å². The van der Waals surface area contributed by atoms with Crippen LogP contribution in [0.3, 0.4) is 0 Å². The third-order valence-electron chi connectivity index (χ3n) is 4.92. The zero-order valence-electron chi connectivity index (χ0n) is 16.0. The second-order valence-electron chi connectivity index (χ2n) is 7.17. The Kier molecular flexibility index (Phi) is 5.91. The molecule has 142 valence electrons. The highest BCUT2D eigenvalue weighted by Gasteiger charge is 2.39. The van der Waals surface area contributed by atoms with Crippen molar-refractivity contribution in [3.63, 3.8) is 0 Å². The Labute approximate surface area is 160 Å². The Bertz CT molecular complexity index is 804. The number of nitrogens with zero attached hydrogens (tertiary/aromatic N) is 1. The third-order valence-corrected chi connectivity index (χ3v) is 4.92. The van der Waals surface area contributed by atoms with Crippen molar-refractivity contribution in [2.24, 2.45) is 0 Å². The van der Waals surface area contributed by atoms with Crippen LogP contribution in [0.15, 0.2) is 54.6 Å². The Hall–Kier alpha value is -2.66. The van der Waals surface area contributed by atoms with E-state index in [9.17, 15) is 9.59 Å². The highest BCUT2D eigenvalue weighted by Crippen LogP contribution is 2.25. The smallest absolute Gasteiger partial charge is 0.254 e. The van der Waals surface area contributed by atoms with Crippen molar-refractivity contribution in [1.29, 1.82) is 0 Å². The maximum atomic E-state index is 13.4. The normalized spacial score (nSPS) is 19.6. The molecule has 0 aromatic heterocycles. The molecule has 5 heteroatoms. The van der Waals surface area contributed by atoms with Gasteiger partial charge in [-0.15, -0.1) is 0 Å². The van der Waals surface area contributed by atoms with Gasteiger partial charge < -0.3 is 15.0 Å². The summed E-state index contributed by atoms with van der Waals surface area (Å²) in [7, 11) is 0. The molecule has 2 amide bonds. The lowest BCUT2D eigenvalue weighted by molar-refractivity contribution is -0.157. The van der Waals surface area contributed by atoms with Crippen molar-refractivity contribution in [3.05, 3.63) is 71.3 Å². The van der Waals surface area contributed by atoms with E-state index in [4.69, 9.17) is 4.74 Å². The Morgan fingerprint density at radius 3 is 2.48 bits per heavy atom. The lowest BCUT2D eigenvalue weighted by Gasteiger charge is -2.37. The fourth-order valence-electron chi connectivity index (χ4n) is 3.33. The van der Waals surface area contributed by atoms with Gasteiger partial charge in [-0.25, -0.2) is 0 Å². The number of amides is 2. The first-order valence-electron chi connectivity index (χ1n) is 9.28. The number of morpholine rings is 1. The minimum Gasteiger partial charge on any atom is -0.356 e. The average Bonchev–Trinajstić information content (AvgIpc) is 2.67. The molecular weight excluding hydrogens is 340 g/mol. The predicted octanol–water partition coefficient (Wildman–Crippen LogP) is 2.99. The summed E-state index contributed by atoms with van der Waals surface area (Å²) in [6.07, 6.45) is -0.739. The molecule has 3 rings (SSSR count). The molecule has 1 saturated heterocycles. The second kappa shape index (κ2) is 8.35. The van der Waals surface area contributed by atoms with Crippen molar-refractivity contribution < 1.29 is 14.3 Å². The lowest BCUT2D eigenvalue weighted by Crippen LogP contribution is -2.54.